The second kappa shape index (κ2) is 12.1. The van der Waals surface area contributed by atoms with Gasteiger partial charge >= 0.3 is 5.97 Å². The molecule has 2 aromatic carbocycles. The number of anilines is 1. The van der Waals surface area contributed by atoms with Gasteiger partial charge in [0.15, 0.2) is 5.96 Å². The average Bonchev–Trinajstić information content (AvgIpc) is 2.62. The summed E-state index contributed by atoms with van der Waals surface area (Å²) in [6, 6.07) is 17.1. The Bertz CT molecular complexity index is 708. The van der Waals surface area contributed by atoms with Crippen molar-refractivity contribution >= 4 is 41.6 Å². The zero-order valence-electron chi connectivity index (χ0n) is 14.7. The maximum atomic E-state index is 11.0. The van der Waals surface area contributed by atoms with Crippen molar-refractivity contribution in [2.45, 2.75) is 19.3 Å². The van der Waals surface area contributed by atoms with Gasteiger partial charge in [-0.25, -0.2) is 0 Å². The Morgan fingerprint density at radius 2 is 1.81 bits per heavy atom. The number of aliphatic imine (C=N–C) groups is 1. The molecule has 7 heteroatoms. The Kier molecular flexibility index (Phi) is 10.1. The van der Waals surface area contributed by atoms with Crippen LogP contribution in [0.2, 0.25) is 0 Å². The number of nitrogens with one attached hydrogen (secondary N) is 1. The Morgan fingerprint density at radius 3 is 2.54 bits per heavy atom. The first-order valence-corrected chi connectivity index (χ1v) is 8.14. The third kappa shape index (κ3) is 8.19. The lowest BCUT2D eigenvalue weighted by molar-refractivity contribution is -0.140. The number of unbranched alkanes of at least 4 members (excludes halogenated alkanes) is 1. The Labute approximate surface area is 170 Å². The SMILES string of the molecule is COC(=O)CCCCN=C(N)Nc1cccc(Oc2ccccc2)c1.I. The number of rotatable bonds is 8. The van der Waals surface area contributed by atoms with E-state index >= 15 is 0 Å². The lowest BCUT2D eigenvalue weighted by Gasteiger charge is -2.09. The zero-order chi connectivity index (χ0) is 17.9. The van der Waals surface area contributed by atoms with Crippen LogP contribution in [-0.4, -0.2) is 25.6 Å². The number of para-hydroxylation sites is 1. The Balaban J connectivity index is 0.00000338. The molecule has 6 nitrogen and oxygen atoms in total. The van der Waals surface area contributed by atoms with E-state index in [-0.39, 0.29) is 29.9 Å². The van der Waals surface area contributed by atoms with Crippen LogP contribution in [-0.2, 0) is 9.53 Å². The van der Waals surface area contributed by atoms with Crippen molar-refractivity contribution in [1.29, 1.82) is 0 Å². The minimum atomic E-state index is -0.203. The summed E-state index contributed by atoms with van der Waals surface area (Å²) in [5, 5.41) is 3.04. The molecule has 0 saturated heterocycles. The highest BCUT2D eigenvalue weighted by Gasteiger charge is 2.01. The standard InChI is InChI=1S/C19H23N3O3.HI/c1-24-18(23)12-5-6-13-21-19(20)22-15-8-7-11-17(14-15)25-16-9-3-2-4-10-16;/h2-4,7-11,14H,5-6,12-13H2,1H3,(H3,20,21,22);1H. The van der Waals surface area contributed by atoms with Crippen LogP contribution < -0.4 is 15.8 Å². The Morgan fingerprint density at radius 1 is 1.08 bits per heavy atom. The van der Waals surface area contributed by atoms with Gasteiger partial charge in [-0.1, -0.05) is 24.3 Å². The van der Waals surface area contributed by atoms with E-state index in [1.54, 1.807) is 0 Å². The molecule has 140 valence electrons. The van der Waals surface area contributed by atoms with Crippen LogP contribution in [0.25, 0.3) is 0 Å². The summed E-state index contributed by atoms with van der Waals surface area (Å²) in [6.07, 6.45) is 1.90. The molecule has 3 N–H and O–H groups in total. The molecule has 0 heterocycles. The van der Waals surface area contributed by atoms with E-state index in [0.29, 0.717) is 24.7 Å². The second-order valence-electron chi connectivity index (χ2n) is 5.37. The molecule has 0 saturated carbocycles. The highest BCUT2D eigenvalue weighted by molar-refractivity contribution is 14.0. The molecule has 0 spiro atoms. The first kappa shape index (κ1) is 21.8. The molecule has 0 aromatic heterocycles. The summed E-state index contributed by atoms with van der Waals surface area (Å²) in [5.74, 6) is 1.61. The van der Waals surface area contributed by atoms with Gasteiger partial charge in [0.05, 0.1) is 7.11 Å². The molecule has 0 fully saturated rings. The van der Waals surface area contributed by atoms with Crippen LogP contribution in [0.4, 0.5) is 5.69 Å². The van der Waals surface area contributed by atoms with Gasteiger partial charge in [0.25, 0.3) is 0 Å². The van der Waals surface area contributed by atoms with Gasteiger partial charge in [-0.2, -0.15) is 0 Å². The molecule has 0 aliphatic carbocycles. The van der Waals surface area contributed by atoms with E-state index in [9.17, 15) is 4.79 Å². The summed E-state index contributed by atoms with van der Waals surface area (Å²) in [4.78, 5) is 15.3. The van der Waals surface area contributed by atoms with Gasteiger partial charge < -0.3 is 20.5 Å². The number of halogens is 1. The van der Waals surface area contributed by atoms with E-state index < -0.39 is 0 Å². The van der Waals surface area contributed by atoms with Crippen LogP contribution in [0.3, 0.4) is 0 Å². The van der Waals surface area contributed by atoms with Gasteiger partial charge in [0.2, 0.25) is 0 Å². The fourth-order valence-electron chi connectivity index (χ4n) is 2.13. The third-order valence-corrected chi connectivity index (χ3v) is 3.38. The van der Waals surface area contributed by atoms with Crippen LogP contribution >= 0.6 is 24.0 Å². The fourth-order valence-corrected chi connectivity index (χ4v) is 2.13. The smallest absolute Gasteiger partial charge is 0.305 e. The number of nitrogens with two attached hydrogens (primary N) is 1. The number of carbonyl (C=O) groups excluding carboxylic acids is 1. The number of hydrogen-bond acceptors (Lipinski definition) is 4. The number of esters is 1. The number of nitrogens with zero attached hydrogens (tertiary/aromatic N) is 1. The second-order valence-corrected chi connectivity index (χ2v) is 5.37. The van der Waals surface area contributed by atoms with Crippen molar-refractivity contribution in [3.05, 3.63) is 54.6 Å². The van der Waals surface area contributed by atoms with E-state index in [1.807, 2.05) is 54.6 Å². The van der Waals surface area contributed by atoms with E-state index in [4.69, 9.17) is 10.5 Å². The molecule has 0 radical (unpaired) electrons. The first-order valence-electron chi connectivity index (χ1n) is 8.14. The lowest BCUT2D eigenvalue weighted by Crippen LogP contribution is -2.22. The quantitative estimate of drug-likeness (QED) is 0.199. The molecule has 0 atom stereocenters. The molecule has 26 heavy (non-hydrogen) atoms. The van der Waals surface area contributed by atoms with Crippen LogP contribution in [0.15, 0.2) is 59.6 Å². The lowest BCUT2D eigenvalue weighted by atomic mass is 10.2. The highest BCUT2D eigenvalue weighted by atomic mass is 127. The minimum Gasteiger partial charge on any atom is -0.469 e. The maximum absolute atomic E-state index is 11.0. The topological polar surface area (TPSA) is 85.9 Å². The molecule has 2 aromatic rings. The highest BCUT2D eigenvalue weighted by Crippen LogP contribution is 2.23. The minimum absolute atomic E-state index is 0. The largest absolute Gasteiger partial charge is 0.469 e. The van der Waals surface area contributed by atoms with E-state index in [0.717, 1.165) is 24.3 Å². The van der Waals surface area contributed by atoms with Crippen LogP contribution in [0, 0.1) is 0 Å². The summed E-state index contributed by atoms with van der Waals surface area (Å²) in [5.41, 5.74) is 6.68. The molecular formula is C19H24IN3O3. The number of ether oxygens (including phenoxy) is 2. The Hall–Kier alpha value is -2.29. The normalized spacial score (nSPS) is 10.6. The molecule has 0 bridgehead atoms. The first-order chi connectivity index (χ1) is 12.2. The summed E-state index contributed by atoms with van der Waals surface area (Å²) >= 11 is 0. The van der Waals surface area contributed by atoms with Crippen LogP contribution in [0.5, 0.6) is 11.5 Å². The van der Waals surface area contributed by atoms with Gasteiger partial charge in [-0.15, -0.1) is 24.0 Å². The predicted molar refractivity (Wildman–Crippen MR) is 114 cm³/mol. The molecule has 0 unspecified atom stereocenters. The number of benzene rings is 2. The van der Waals surface area contributed by atoms with Gasteiger partial charge in [-0.05, 0) is 37.1 Å². The van der Waals surface area contributed by atoms with Crippen LogP contribution in [0.1, 0.15) is 19.3 Å². The van der Waals surface area contributed by atoms with Crippen molar-refractivity contribution in [3.63, 3.8) is 0 Å². The number of guanidine groups is 1. The summed E-state index contributed by atoms with van der Waals surface area (Å²) in [7, 11) is 1.39. The van der Waals surface area contributed by atoms with Crippen molar-refractivity contribution in [1.82, 2.24) is 0 Å². The molecule has 0 aliphatic heterocycles. The average molecular weight is 469 g/mol. The van der Waals surface area contributed by atoms with Crippen molar-refractivity contribution < 1.29 is 14.3 Å². The van der Waals surface area contributed by atoms with E-state index in [1.165, 1.54) is 7.11 Å². The van der Waals surface area contributed by atoms with E-state index in [2.05, 4.69) is 15.0 Å². The monoisotopic (exact) mass is 469 g/mol. The number of hydrogen-bond donors (Lipinski definition) is 2. The molecule has 0 aliphatic rings. The number of carbonyl (C=O) groups is 1. The number of methoxy groups -OCH3 is 1. The van der Waals surface area contributed by atoms with Crippen molar-refractivity contribution in [3.8, 4) is 11.5 Å². The molecule has 2 rings (SSSR count). The maximum Gasteiger partial charge on any atom is 0.305 e. The van der Waals surface area contributed by atoms with Crippen molar-refractivity contribution in [2.24, 2.45) is 10.7 Å². The zero-order valence-corrected chi connectivity index (χ0v) is 17.0. The van der Waals surface area contributed by atoms with Gasteiger partial charge in [-0.3, -0.25) is 9.79 Å². The van der Waals surface area contributed by atoms with Gasteiger partial charge in [0, 0.05) is 24.7 Å². The van der Waals surface area contributed by atoms with Gasteiger partial charge in [0.1, 0.15) is 11.5 Å². The summed E-state index contributed by atoms with van der Waals surface area (Å²) < 4.78 is 10.4. The molecular weight excluding hydrogens is 445 g/mol. The van der Waals surface area contributed by atoms with Crippen molar-refractivity contribution in [2.75, 3.05) is 19.0 Å². The third-order valence-electron chi connectivity index (χ3n) is 3.38. The predicted octanol–water partition coefficient (Wildman–Crippen LogP) is 4.17. The summed E-state index contributed by atoms with van der Waals surface area (Å²) in [6.45, 7) is 0.552. The fraction of sp³-hybridized carbons (Fsp3) is 0.263. The molecule has 0 amide bonds.